The van der Waals surface area contributed by atoms with Crippen molar-refractivity contribution >= 4 is 17.1 Å². The summed E-state index contributed by atoms with van der Waals surface area (Å²) in [6.07, 6.45) is 1.08. The van der Waals surface area contributed by atoms with E-state index >= 15 is 0 Å². The Balaban J connectivity index is 2.93. The first-order valence-corrected chi connectivity index (χ1v) is 5.70. The van der Waals surface area contributed by atoms with E-state index in [1.807, 2.05) is 11.9 Å². The van der Waals surface area contributed by atoms with E-state index in [2.05, 4.69) is 13.8 Å². The number of nitrogen functional groups attached to an aromatic ring is 1. The van der Waals surface area contributed by atoms with Crippen LogP contribution in [-0.4, -0.2) is 18.5 Å². The smallest absolute Gasteiger partial charge is 0.273 e. The molecule has 1 aromatic carbocycles. The second kappa shape index (κ2) is 5.52. The molecule has 1 unspecified atom stereocenters. The first-order valence-electron chi connectivity index (χ1n) is 5.70. The lowest BCUT2D eigenvalue weighted by atomic mass is 10.1. The van der Waals surface area contributed by atoms with Gasteiger partial charge in [0, 0.05) is 37.1 Å². The highest BCUT2D eigenvalue weighted by atomic mass is 16.6. The second-order valence-electron chi connectivity index (χ2n) is 4.43. The minimum absolute atomic E-state index is 0.0380. The van der Waals surface area contributed by atoms with Crippen molar-refractivity contribution in [3.63, 3.8) is 0 Å². The molecule has 0 heterocycles. The summed E-state index contributed by atoms with van der Waals surface area (Å²) in [4.78, 5) is 12.3. The van der Waals surface area contributed by atoms with Crippen molar-refractivity contribution in [3.05, 3.63) is 28.3 Å². The molecule has 0 spiro atoms. The zero-order chi connectivity index (χ0) is 13.0. The quantitative estimate of drug-likeness (QED) is 0.485. The van der Waals surface area contributed by atoms with Crippen molar-refractivity contribution in [2.45, 2.75) is 20.3 Å². The largest absolute Gasteiger partial charge is 0.398 e. The maximum atomic E-state index is 10.7. The lowest BCUT2D eigenvalue weighted by Crippen LogP contribution is -2.23. The van der Waals surface area contributed by atoms with E-state index in [9.17, 15) is 10.1 Å². The molecule has 94 valence electrons. The Kier molecular flexibility index (Phi) is 4.31. The van der Waals surface area contributed by atoms with Gasteiger partial charge in [-0.1, -0.05) is 20.3 Å². The van der Waals surface area contributed by atoms with Crippen LogP contribution >= 0.6 is 0 Å². The van der Waals surface area contributed by atoms with E-state index in [1.54, 1.807) is 12.1 Å². The summed E-state index contributed by atoms with van der Waals surface area (Å²) in [5.74, 6) is 0.542. The fourth-order valence-corrected chi connectivity index (χ4v) is 1.65. The lowest BCUT2D eigenvalue weighted by molar-refractivity contribution is -0.384. The maximum absolute atomic E-state index is 10.7. The molecule has 0 radical (unpaired) electrons. The zero-order valence-electron chi connectivity index (χ0n) is 10.5. The summed E-state index contributed by atoms with van der Waals surface area (Å²) in [6, 6.07) is 4.69. The van der Waals surface area contributed by atoms with Crippen LogP contribution in [0.15, 0.2) is 18.2 Å². The van der Waals surface area contributed by atoms with Crippen LogP contribution in [0, 0.1) is 16.0 Å². The predicted molar refractivity (Wildman–Crippen MR) is 70.2 cm³/mol. The van der Waals surface area contributed by atoms with E-state index in [-0.39, 0.29) is 5.69 Å². The molecule has 1 rings (SSSR count). The normalized spacial score (nSPS) is 12.2. The van der Waals surface area contributed by atoms with Crippen molar-refractivity contribution in [1.29, 1.82) is 0 Å². The highest BCUT2D eigenvalue weighted by molar-refractivity contribution is 5.62. The van der Waals surface area contributed by atoms with Gasteiger partial charge in [0.05, 0.1) is 4.92 Å². The van der Waals surface area contributed by atoms with E-state index in [1.165, 1.54) is 6.07 Å². The van der Waals surface area contributed by atoms with Crippen LogP contribution in [0.2, 0.25) is 0 Å². The standard InChI is InChI=1S/C12H19N3O2/c1-4-9(2)8-14(3)11-5-10(13)6-12(7-11)15(16)17/h5-7,9H,4,8,13H2,1-3H3. The predicted octanol–water partition coefficient (Wildman–Crippen LogP) is 2.66. The summed E-state index contributed by atoms with van der Waals surface area (Å²) in [7, 11) is 1.92. The van der Waals surface area contributed by atoms with Gasteiger partial charge in [-0.25, -0.2) is 0 Å². The van der Waals surface area contributed by atoms with Gasteiger partial charge >= 0.3 is 0 Å². The molecule has 0 bridgehead atoms. The summed E-state index contributed by atoms with van der Waals surface area (Å²) in [6.45, 7) is 5.13. The molecule has 0 fully saturated rings. The summed E-state index contributed by atoms with van der Waals surface area (Å²) in [5, 5.41) is 10.7. The number of rotatable bonds is 5. The third-order valence-electron chi connectivity index (χ3n) is 2.86. The number of nitro groups is 1. The van der Waals surface area contributed by atoms with Crippen molar-refractivity contribution in [3.8, 4) is 0 Å². The van der Waals surface area contributed by atoms with Crippen LogP contribution in [0.1, 0.15) is 20.3 Å². The summed E-state index contributed by atoms with van der Waals surface area (Å²) >= 11 is 0. The van der Waals surface area contributed by atoms with Gasteiger partial charge < -0.3 is 10.6 Å². The number of nitrogens with two attached hydrogens (primary N) is 1. The molecule has 1 atom stereocenters. The highest BCUT2D eigenvalue weighted by Gasteiger charge is 2.12. The van der Waals surface area contributed by atoms with Gasteiger partial charge in [-0.15, -0.1) is 0 Å². The monoisotopic (exact) mass is 237 g/mol. The molecule has 1 aromatic rings. The third kappa shape index (κ3) is 3.62. The SMILES string of the molecule is CCC(C)CN(C)c1cc(N)cc([N+](=O)[O-])c1. The summed E-state index contributed by atoms with van der Waals surface area (Å²) < 4.78 is 0. The summed E-state index contributed by atoms with van der Waals surface area (Å²) in [5.41, 5.74) is 6.92. The first kappa shape index (κ1) is 13.3. The Morgan fingerprint density at radius 3 is 2.65 bits per heavy atom. The fraction of sp³-hybridized carbons (Fsp3) is 0.500. The molecule has 0 aliphatic carbocycles. The molecular weight excluding hydrogens is 218 g/mol. The Morgan fingerprint density at radius 2 is 2.12 bits per heavy atom. The maximum Gasteiger partial charge on any atom is 0.273 e. The minimum Gasteiger partial charge on any atom is -0.398 e. The average Bonchev–Trinajstić information content (AvgIpc) is 2.27. The molecule has 5 nitrogen and oxygen atoms in total. The van der Waals surface area contributed by atoms with Crippen LogP contribution in [-0.2, 0) is 0 Å². The van der Waals surface area contributed by atoms with Crippen LogP contribution in [0.4, 0.5) is 17.1 Å². The molecule has 0 aromatic heterocycles. The molecular formula is C12H19N3O2. The minimum atomic E-state index is -0.420. The Hall–Kier alpha value is -1.78. The number of hydrogen-bond acceptors (Lipinski definition) is 4. The number of hydrogen-bond donors (Lipinski definition) is 1. The topological polar surface area (TPSA) is 72.4 Å². The van der Waals surface area contributed by atoms with Crippen LogP contribution in [0.5, 0.6) is 0 Å². The molecule has 2 N–H and O–H groups in total. The Morgan fingerprint density at radius 1 is 1.47 bits per heavy atom. The van der Waals surface area contributed by atoms with E-state index in [0.717, 1.165) is 18.7 Å². The molecule has 0 saturated carbocycles. The fourth-order valence-electron chi connectivity index (χ4n) is 1.65. The number of non-ortho nitro benzene ring substituents is 1. The van der Waals surface area contributed by atoms with Gasteiger partial charge in [0.1, 0.15) is 0 Å². The highest BCUT2D eigenvalue weighted by Crippen LogP contribution is 2.25. The van der Waals surface area contributed by atoms with Gasteiger partial charge in [-0.2, -0.15) is 0 Å². The molecule has 17 heavy (non-hydrogen) atoms. The van der Waals surface area contributed by atoms with Crippen molar-refractivity contribution in [2.75, 3.05) is 24.2 Å². The Bertz CT molecular complexity index is 407. The van der Waals surface area contributed by atoms with Gasteiger partial charge in [0.2, 0.25) is 0 Å². The van der Waals surface area contributed by atoms with E-state index in [0.29, 0.717) is 11.6 Å². The third-order valence-corrected chi connectivity index (χ3v) is 2.86. The van der Waals surface area contributed by atoms with Crippen LogP contribution < -0.4 is 10.6 Å². The van der Waals surface area contributed by atoms with Gasteiger partial charge in [0.25, 0.3) is 5.69 Å². The van der Waals surface area contributed by atoms with Gasteiger partial charge in [-0.3, -0.25) is 10.1 Å². The number of nitro benzene ring substituents is 1. The van der Waals surface area contributed by atoms with E-state index < -0.39 is 4.92 Å². The average molecular weight is 237 g/mol. The molecule has 5 heteroatoms. The van der Waals surface area contributed by atoms with Gasteiger partial charge in [0.15, 0.2) is 0 Å². The van der Waals surface area contributed by atoms with Crippen molar-refractivity contribution in [2.24, 2.45) is 5.92 Å². The molecule has 0 aliphatic rings. The van der Waals surface area contributed by atoms with E-state index in [4.69, 9.17) is 5.73 Å². The lowest BCUT2D eigenvalue weighted by Gasteiger charge is -2.22. The second-order valence-corrected chi connectivity index (χ2v) is 4.43. The van der Waals surface area contributed by atoms with Gasteiger partial charge in [-0.05, 0) is 12.0 Å². The van der Waals surface area contributed by atoms with Crippen molar-refractivity contribution < 1.29 is 4.92 Å². The van der Waals surface area contributed by atoms with Crippen LogP contribution in [0.25, 0.3) is 0 Å². The zero-order valence-corrected chi connectivity index (χ0v) is 10.5. The first-order chi connectivity index (χ1) is 7.93. The molecule has 0 aliphatic heterocycles. The van der Waals surface area contributed by atoms with Crippen molar-refractivity contribution in [1.82, 2.24) is 0 Å². The molecule has 0 amide bonds. The molecule has 0 saturated heterocycles. The number of benzene rings is 1. The number of nitrogens with zero attached hydrogens (tertiary/aromatic N) is 2. The number of anilines is 2. The Labute approximate surface area is 101 Å². The van der Waals surface area contributed by atoms with Crippen LogP contribution in [0.3, 0.4) is 0 Å².